The summed E-state index contributed by atoms with van der Waals surface area (Å²) in [5, 5.41) is 15.5. The molecular formula is C6H10N2O2. The highest BCUT2D eigenvalue weighted by Crippen LogP contribution is 2.14. The average molecular weight is 142 g/mol. The van der Waals surface area contributed by atoms with Crippen LogP contribution in [0.5, 0.6) is 0 Å². The highest BCUT2D eigenvalue weighted by molar-refractivity contribution is 5.15. The summed E-state index contributed by atoms with van der Waals surface area (Å²) in [6.45, 7) is 1.82. The van der Waals surface area contributed by atoms with Crippen LogP contribution >= 0.6 is 0 Å². The van der Waals surface area contributed by atoms with E-state index in [0.717, 1.165) is 5.69 Å². The van der Waals surface area contributed by atoms with Crippen LogP contribution in [0, 0.1) is 6.92 Å². The predicted molar refractivity (Wildman–Crippen MR) is 35.3 cm³/mol. The minimum Gasteiger partial charge on any atom is -0.364 e. The van der Waals surface area contributed by atoms with Gasteiger partial charge in [-0.25, -0.2) is 0 Å². The third-order valence-electron chi connectivity index (χ3n) is 1.36. The summed E-state index contributed by atoms with van der Waals surface area (Å²) in [6, 6.07) is 0. The van der Waals surface area contributed by atoms with Crippen molar-refractivity contribution in [2.45, 2.75) is 13.2 Å². The molecule has 1 aromatic rings. The van der Waals surface area contributed by atoms with E-state index in [1.54, 1.807) is 6.20 Å². The van der Waals surface area contributed by atoms with Crippen molar-refractivity contribution < 1.29 is 9.84 Å². The Morgan fingerprint density at radius 2 is 2.50 bits per heavy atom. The maximum atomic E-state index is 9.12. The number of methoxy groups -OCH3 is 1. The van der Waals surface area contributed by atoms with Gasteiger partial charge in [0, 0.05) is 18.4 Å². The second-order valence-electron chi connectivity index (χ2n) is 2.04. The number of aromatic nitrogens is 2. The normalized spacial score (nSPS) is 13.5. The molecule has 0 bridgehead atoms. The number of rotatable bonds is 2. The minimum atomic E-state index is -0.862. The second-order valence-corrected chi connectivity index (χ2v) is 2.04. The van der Waals surface area contributed by atoms with Crippen LogP contribution in [0.3, 0.4) is 0 Å². The number of aromatic amines is 1. The number of H-pyrrole nitrogens is 1. The summed E-state index contributed by atoms with van der Waals surface area (Å²) in [4.78, 5) is 0. The van der Waals surface area contributed by atoms with Crippen LogP contribution in [0.1, 0.15) is 17.5 Å². The first-order valence-electron chi connectivity index (χ1n) is 2.96. The van der Waals surface area contributed by atoms with Crippen molar-refractivity contribution in [3.05, 3.63) is 17.5 Å². The quantitative estimate of drug-likeness (QED) is 0.586. The number of hydrogen-bond donors (Lipinski definition) is 2. The fourth-order valence-electron chi connectivity index (χ4n) is 0.736. The third kappa shape index (κ3) is 1.17. The Labute approximate surface area is 58.8 Å². The molecule has 0 aliphatic carbocycles. The second kappa shape index (κ2) is 2.81. The van der Waals surface area contributed by atoms with Gasteiger partial charge in [0.15, 0.2) is 6.29 Å². The summed E-state index contributed by atoms with van der Waals surface area (Å²) < 4.78 is 4.67. The van der Waals surface area contributed by atoms with Gasteiger partial charge in [-0.15, -0.1) is 0 Å². The van der Waals surface area contributed by atoms with Crippen molar-refractivity contribution in [1.82, 2.24) is 10.2 Å². The number of nitrogens with one attached hydrogen (secondary N) is 1. The zero-order chi connectivity index (χ0) is 7.56. The topological polar surface area (TPSA) is 58.1 Å². The van der Waals surface area contributed by atoms with Crippen molar-refractivity contribution in [1.29, 1.82) is 0 Å². The third-order valence-corrected chi connectivity index (χ3v) is 1.36. The van der Waals surface area contributed by atoms with Crippen LogP contribution < -0.4 is 0 Å². The Kier molecular flexibility index (Phi) is 2.03. The standard InChI is InChI=1S/C6H10N2O2/c1-4-5(3-7-8-4)6(9)10-2/h3,6,9H,1-2H3,(H,7,8). The monoisotopic (exact) mass is 142 g/mol. The molecule has 2 N–H and O–H groups in total. The highest BCUT2D eigenvalue weighted by atomic mass is 16.6. The molecule has 0 saturated heterocycles. The minimum absolute atomic E-state index is 0.683. The molecule has 4 nitrogen and oxygen atoms in total. The molecule has 1 aromatic heterocycles. The molecule has 0 aromatic carbocycles. The van der Waals surface area contributed by atoms with Gasteiger partial charge in [0.25, 0.3) is 0 Å². The van der Waals surface area contributed by atoms with Crippen LogP contribution in [0.15, 0.2) is 6.20 Å². The fourth-order valence-corrected chi connectivity index (χ4v) is 0.736. The van der Waals surface area contributed by atoms with Gasteiger partial charge in [-0.05, 0) is 6.92 Å². The molecule has 0 aliphatic heterocycles. The van der Waals surface area contributed by atoms with E-state index >= 15 is 0 Å². The Hall–Kier alpha value is -0.870. The smallest absolute Gasteiger partial charge is 0.184 e. The van der Waals surface area contributed by atoms with Gasteiger partial charge >= 0.3 is 0 Å². The lowest BCUT2D eigenvalue weighted by Gasteiger charge is -2.05. The molecule has 10 heavy (non-hydrogen) atoms. The summed E-state index contributed by atoms with van der Waals surface area (Å²) in [6.07, 6.45) is 0.683. The van der Waals surface area contributed by atoms with Gasteiger partial charge in [-0.2, -0.15) is 5.10 Å². The van der Waals surface area contributed by atoms with E-state index in [-0.39, 0.29) is 0 Å². The molecule has 4 heteroatoms. The van der Waals surface area contributed by atoms with Crippen molar-refractivity contribution in [3.8, 4) is 0 Å². The zero-order valence-corrected chi connectivity index (χ0v) is 5.96. The number of aliphatic hydroxyl groups is 1. The van der Waals surface area contributed by atoms with Crippen LogP contribution in [0.4, 0.5) is 0 Å². The number of aryl methyl sites for hydroxylation is 1. The molecule has 0 fully saturated rings. The number of ether oxygens (including phenoxy) is 1. The van der Waals surface area contributed by atoms with Crippen molar-refractivity contribution >= 4 is 0 Å². The van der Waals surface area contributed by atoms with E-state index in [1.807, 2.05) is 6.92 Å². The van der Waals surface area contributed by atoms with E-state index in [0.29, 0.717) is 5.56 Å². The molecule has 1 rings (SSSR count). The lowest BCUT2D eigenvalue weighted by molar-refractivity contribution is -0.0773. The molecule has 0 amide bonds. The van der Waals surface area contributed by atoms with E-state index in [9.17, 15) is 0 Å². The number of nitrogens with zero attached hydrogens (tertiary/aromatic N) is 1. The Morgan fingerprint density at radius 1 is 1.80 bits per heavy atom. The first-order valence-corrected chi connectivity index (χ1v) is 2.96. The van der Waals surface area contributed by atoms with Crippen molar-refractivity contribution in [2.75, 3.05) is 7.11 Å². The van der Waals surface area contributed by atoms with E-state index in [2.05, 4.69) is 14.9 Å². The highest BCUT2D eigenvalue weighted by Gasteiger charge is 2.09. The van der Waals surface area contributed by atoms with Crippen molar-refractivity contribution in [3.63, 3.8) is 0 Å². The van der Waals surface area contributed by atoms with Gasteiger partial charge in [0.2, 0.25) is 0 Å². The van der Waals surface area contributed by atoms with Gasteiger partial charge in [0.05, 0.1) is 6.20 Å². The molecule has 1 unspecified atom stereocenters. The average Bonchev–Trinajstić information content (AvgIpc) is 2.34. The molecule has 0 aliphatic rings. The summed E-state index contributed by atoms with van der Waals surface area (Å²) >= 11 is 0. The maximum Gasteiger partial charge on any atom is 0.184 e. The Balaban J connectivity index is 2.82. The van der Waals surface area contributed by atoms with Crippen LogP contribution in [-0.2, 0) is 4.74 Å². The molecule has 1 atom stereocenters. The SMILES string of the molecule is COC(O)c1cn[nH]c1C. The fraction of sp³-hybridized carbons (Fsp3) is 0.500. The first kappa shape index (κ1) is 7.24. The van der Waals surface area contributed by atoms with Crippen LogP contribution in [0.2, 0.25) is 0 Å². The lowest BCUT2D eigenvalue weighted by atomic mass is 10.2. The molecule has 0 spiro atoms. The van der Waals surface area contributed by atoms with Gasteiger partial charge in [-0.3, -0.25) is 5.10 Å². The van der Waals surface area contributed by atoms with Crippen LogP contribution in [0.25, 0.3) is 0 Å². The molecular weight excluding hydrogens is 132 g/mol. The molecule has 56 valence electrons. The first-order chi connectivity index (χ1) is 4.75. The number of hydrogen-bond acceptors (Lipinski definition) is 3. The number of aliphatic hydroxyl groups excluding tert-OH is 1. The van der Waals surface area contributed by atoms with Crippen molar-refractivity contribution in [2.24, 2.45) is 0 Å². The summed E-state index contributed by atoms with van der Waals surface area (Å²) in [5.41, 5.74) is 1.51. The molecule has 1 heterocycles. The van der Waals surface area contributed by atoms with Gasteiger partial charge in [0.1, 0.15) is 0 Å². The van der Waals surface area contributed by atoms with E-state index in [1.165, 1.54) is 7.11 Å². The molecule has 0 radical (unpaired) electrons. The zero-order valence-electron chi connectivity index (χ0n) is 5.96. The van der Waals surface area contributed by atoms with Gasteiger partial charge < -0.3 is 9.84 Å². The Morgan fingerprint density at radius 3 is 2.90 bits per heavy atom. The van der Waals surface area contributed by atoms with Crippen LogP contribution in [-0.4, -0.2) is 22.4 Å². The van der Waals surface area contributed by atoms with E-state index < -0.39 is 6.29 Å². The largest absolute Gasteiger partial charge is 0.364 e. The van der Waals surface area contributed by atoms with Gasteiger partial charge in [-0.1, -0.05) is 0 Å². The lowest BCUT2D eigenvalue weighted by Crippen LogP contribution is -1.99. The Bertz CT molecular complexity index is 209. The predicted octanol–water partition coefficient (Wildman–Crippen LogP) is 0.355. The van der Waals surface area contributed by atoms with E-state index in [4.69, 9.17) is 5.11 Å². The summed E-state index contributed by atoms with van der Waals surface area (Å²) in [5.74, 6) is 0. The summed E-state index contributed by atoms with van der Waals surface area (Å²) in [7, 11) is 1.44. The molecule has 0 saturated carbocycles. The maximum absolute atomic E-state index is 9.12.